The zero-order valence-electron chi connectivity index (χ0n) is 10.9. The Kier molecular flexibility index (Phi) is 5.11. The Balaban J connectivity index is 1.82. The first kappa shape index (κ1) is 14.2. The van der Waals surface area contributed by atoms with Crippen LogP contribution in [0.25, 0.3) is 0 Å². The van der Waals surface area contributed by atoms with Gasteiger partial charge in [0.05, 0.1) is 0 Å². The highest BCUT2D eigenvalue weighted by atomic mass is 79.9. The maximum atomic E-state index is 12.8. The molecular weight excluding hydrogens is 305 g/mol. The Morgan fingerprint density at radius 1 is 1.00 bits per heavy atom. The predicted octanol–water partition coefficient (Wildman–Crippen LogP) is 4.31. The molecule has 1 nitrogen and oxygen atoms in total. The molecule has 0 aliphatic carbocycles. The van der Waals surface area contributed by atoms with Crippen molar-refractivity contribution in [2.45, 2.75) is 25.9 Å². The van der Waals surface area contributed by atoms with Gasteiger partial charge in [-0.2, -0.15) is 0 Å². The van der Waals surface area contributed by atoms with E-state index in [2.05, 4.69) is 52.4 Å². The summed E-state index contributed by atoms with van der Waals surface area (Å²) in [7, 11) is 0. The molecule has 0 spiro atoms. The standard InChI is InChI=1S/C16H17BrFN/c1-12(10-13-2-6-15(17)7-3-13)19-11-14-4-8-16(18)9-5-14/h2-9,12,19H,10-11H2,1H3. The largest absolute Gasteiger partial charge is 0.310 e. The molecule has 0 heterocycles. The van der Waals surface area contributed by atoms with Crippen LogP contribution in [0.3, 0.4) is 0 Å². The molecule has 19 heavy (non-hydrogen) atoms. The van der Waals surface area contributed by atoms with Crippen molar-refractivity contribution in [2.24, 2.45) is 0 Å². The fourth-order valence-electron chi connectivity index (χ4n) is 1.94. The fourth-order valence-corrected chi connectivity index (χ4v) is 2.20. The number of nitrogens with one attached hydrogen (secondary N) is 1. The third kappa shape index (κ3) is 4.77. The molecule has 1 unspecified atom stereocenters. The summed E-state index contributed by atoms with van der Waals surface area (Å²) < 4.78 is 13.9. The lowest BCUT2D eigenvalue weighted by Gasteiger charge is -2.14. The van der Waals surface area contributed by atoms with Crippen molar-refractivity contribution in [3.8, 4) is 0 Å². The molecule has 0 aliphatic rings. The highest BCUT2D eigenvalue weighted by Crippen LogP contribution is 2.12. The number of rotatable bonds is 5. The number of halogens is 2. The average molecular weight is 322 g/mol. The topological polar surface area (TPSA) is 12.0 Å². The van der Waals surface area contributed by atoms with Gasteiger partial charge in [-0.1, -0.05) is 40.2 Å². The zero-order chi connectivity index (χ0) is 13.7. The van der Waals surface area contributed by atoms with Crippen LogP contribution in [0.1, 0.15) is 18.1 Å². The molecular formula is C16H17BrFN. The average Bonchev–Trinajstić information content (AvgIpc) is 2.41. The molecule has 2 aromatic carbocycles. The van der Waals surface area contributed by atoms with E-state index in [1.54, 1.807) is 0 Å². The van der Waals surface area contributed by atoms with E-state index in [9.17, 15) is 4.39 Å². The molecule has 0 saturated heterocycles. The van der Waals surface area contributed by atoms with Crippen LogP contribution >= 0.6 is 15.9 Å². The van der Waals surface area contributed by atoms with Gasteiger partial charge >= 0.3 is 0 Å². The summed E-state index contributed by atoms with van der Waals surface area (Å²) in [5, 5.41) is 3.45. The Hall–Kier alpha value is -1.19. The molecule has 0 aliphatic heterocycles. The predicted molar refractivity (Wildman–Crippen MR) is 80.5 cm³/mol. The Morgan fingerprint density at radius 3 is 2.21 bits per heavy atom. The first-order valence-electron chi connectivity index (χ1n) is 6.36. The smallest absolute Gasteiger partial charge is 0.123 e. The van der Waals surface area contributed by atoms with Gasteiger partial charge in [-0.05, 0) is 48.7 Å². The van der Waals surface area contributed by atoms with E-state index in [-0.39, 0.29) is 5.82 Å². The Labute approximate surface area is 122 Å². The van der Waals surface area contributed by atoms with E-state index in [1.165, 1.54) is 17.7 Å². The van der Waals surface area contributed by atoms with Crippen LogP contribution in [-0.2, 0) is 13.0 Å². The van der Waals surface area contributed by atoms with E-state index in [1.807, 2.05) is 12.1 Å². The lowest BCUT2D eigenvalue weighted by Crippen LogP contribution is -2.27. The van der Waals surface area contributed by atoms with E-state index in [4.69, 9.17) is 0 Å². The summed E-state index contributed by atoms with van der Waals surface area (Å²) >= 11 is 3.43. The fraction of sp³-hybridized carbons (Fsp3) is 0.250. The summed E-state index contributed by atoms with van der Waals surface area (Å²) in [4.78, 5) is 0. The first-order chi connectivity index (χ1) is 9.13. The number of benzene rings is 2. The lowest BCUT2D eigenvalue weighted by atomic mass is 10.1. The van der Waals surface area contributed by atoms with Crippen molar-refractivity contribution in [1.29, 1.82) is 0 Å². The van der Waals surface area contributed by atoms with E-state index in [0.29, 0.717) is 6.04 Å². The summed E-state index contributed by atoms with van der Waals surface area (Å²) in [6, 6.07) is 15.4. The highest BCUT2D eigenvalue weighted by Gasteiger charge is 2.03. The Bertz CT molecular complexity index is 507. The SMILES string of the molecule is CC(Cc1ccc(Br)cc1)NCc1ccc(F)cc1. The van der Waals surface area contributed by atoms with Gasteiger partial charge in [0.2, 0.25) is 0 Å². The molecule has 0 bridgehead atoms. The second kappa shape index (κ2) is 6.83. The minimum Gasteiger partial charge on any atom is -0.310 e. The zero-order valence-corrected chi connectivity index (χ0v) is 12.5. The van der Waals surface area contributed by atoms with E-state index in [0.717, 1.165) is 23.0 Å². The minimum absolute atomic E-state index is 0.188. The molecule has 0 fully saturated rings. The summed E-state index contributed by atoms with van der Waals surface area (Å²) in [5.74, 6) is -0.188. The van der Waals surface area contributed by atoms with Crippen LogP contribution in [0.15, 0.2) is 53.0 Å². The van der Waals surface area contributed by atoms with E-state index < -0.39 is 0 Å². The van der Waals surface area contributed by atoms with Crippen molar-refractivity contribution in [2.75, 3.05) is 0 Å². The van der Waals surface area contributed by atoms with Gasteiger partial charge in [0.1, 0.15) is 5.82 Å². The van der Waals surface area contributed by atoms with Crippen LogP contribution in [0, 0.1) is 5.82 Å². The van der Waals surface area contributed by atoms with Crippen LogP contribution in [-0.4, -0.2) is 6.04 Å². The van der Waals surface area contributed by atoms with Gasteiger partial charge in [0.25, 0.3) is 0 Å². The van der Waals surface area contributed by atoms with Gasteiger partial charge in [-0.15, -0.1) is 0 Å². The van der Waals surface area contributed by atoms with Crippen molar-refractivity contribution in [1.82, 2.24) is 5.32 Å². The quantitative estimate of drug-likeness (QED) is 0.865. The highest BCUT2D eigenvalue weighted by molar-refractivity contribution is 9.10. The molecule has 0 aromatic heterocycles. The molecule has 1 atom stereocenters. The summed E-state index contributed by atoms with van der Waals surface area (Å²) in [6.07, 6.45) is 0.981. The van der Waals surface area contributed by atoms with Crippen LogP contribution in [0.5, 0.6) is 0 Å². The van der Waals surface area contributed by atoms with Crippen molar-refractivity contribution >= 4 is 15.9 Å². The third-order valence-corrected chi connectivity index (χ3v) is 3.55. The molecule has 0 amide bonds. The number of hydrogen-bond acceptors (Lipinski definition) is 1. The molecule has 2 aromatic rings. The van der Waals surface area contributed by atoms with Gasteiger partial charge in [0, 0.05) is 17.1 Å². The third-order valence-electron chi connectivity index (χ3n) is 3.02. The molecule has 1 N–H and O–H groups in total. The van der Waals surface area contributed by atoms with Crippen LogP contribution < -0.4 is 5.32 Å². The summed E-state index contributed by atoms with van der Waals surface area (Å²) in [6.45, 7) is 2.92. The van der Waals surface area contributed by atoms with E-state index >= 15 is 0 Å². The van der Waals surface area contributed by atoms with Crippen molar-refractivity contribution in [3.63, 3.8) is 0 Å². The molecule has 2 rings (SSSR count). The normalized spacial score (nSPS) is 12.4. The van der Waals surface area contributed by atoms with Crippen LogP contribution in [0.4, 0.5) is 4.39 Å². The molecule has 0 saturated carbocycles. The Morgan fingerprint density at radius 2 is 1.58 bits per heavy atom. The summed E-state index contributed by atoms with van der Waals surface area (Å²) in [5.41, 5.74) is 2.41. The second-order valence-corrected chi connectivity index (χ2v) is 5.65. The molecule has 100 valence electrons. The van der Waals surface area contributed by atoms with Gasteiger partial charge in [0.15, 0.2) is 0 Å². The maximum Gasteiger partial charge on any atom is 0.123 e. The van der Waals surface area contributed by atoms with Gasteiger partial charge in [-0.3, -0.25) is 0 Å². The van der Waals surface area contributed by atoms with Gasteiger partial charge in [-0.25, -0.2) is 4.39 Å². The monoisotopic (exact) mass is 321 g/mol. The van der Waals surface area contributed by atoms with Crippen LogP contribution in [0.2, 0.25) is 0 Å². The maximum absolute atomic E-state index is 12.8. The molecule has 0 radical (unpaired) electrons. The minimum atomic E-state index is -0.188. The van der Waals surface area contributed by atoms with Crippen molar-refractivity contribution < 1.29 is 4.39 Å². The second-order valence-electron chi connectivity index (χ2n) is 4.74. The molecule has 3 heteroatoms. The van der Waals surface area contributed by atoms with Gasteiger partial charge < -0.3 is 5.32 Å². The number of hydrogen-bond donors (Lipinski definition) is 1. The first-order valence-corrected chi connectivity index (χ1v) is 7.15. The lowest BCUT2D eigenvalue weighted by molar-refractivity contribution is 0.544. The van der Waals surface area contributed by atoms with Crippen molar-refractivity contribution in [3.05, 3.63) is 69.9 Å².